The lowest BCUT2D eigenvalue weighted by molar-refractivity contribution is -0.151. The highest BCUT2D eigenvalue weighted by atomic mass is 16.5. The van der Waals surface area contributed by atoms with E-state index in [1.807, 2.05) is 0 Å². The molecule has 4 amide bonds. The van der Waals surface area contributed by atoms with Crippen LogP contribution >= 0.6 is 0 Å². The quantitative estimate of drug-likeness (QED) is 0.446. The Bertz CT molecular complexity index is 965. The lowest BCUT2D eigenvalue weighted by Crippen LogP contribution is -2.59. The van der Waals surface area contributed by atoms with Gasteiger partial charge in [0.05, 0.1) is 36.3 Å². The summed E-state index contributed by atoms with van der Waals surface area (Å²) in [6, 6.07) is 6.50. The zero-order chi connectivity index (χ0) is 23.8. The van der Waals surface area contributed by atoms with Crippen LogP contribution in [0.15, 0.2) is 24.3 Å². The second kappa shape index (κ2) is 8.93. The molecular weight excluding hydrogens is 430 g/mol. The van der Waals surface area contributed by atoms with Gasteiger partial charge in [-0.2, -0.15) is 0 Å². The number of amides is 4. The molecule has 0 saturated carbocycles. The predicted molar refractivity (Wildman–Crippen MR) is 114 cm³/mol. The molecule has 4 rings (SSSR count). The van der Waals surface area contributed by atoms with Gasteiger partial charge < -0.3 is 19.3 Å². The van der Waals surface area contributed by atoms with E-state index in [9.17, 15) is 24.0 Å². The topological polar surface area (TPSA) is 114 Å². The lowest BCUT2D eigenvalue weighted by atomic mass is 9.76. The van der Waals surface area contributed by atoms with Gasteiger partial charge in [0.25, 0.3) is 11.8 Å². The number of hydrogen-bond acceptors (Lipinski definition) is 7. The van der Waals surface area contributed by atoms with Crippen molar-refractivity contribution in [3.63, 3.8) is 0 Å². The zero-order valence-electron chi connectivity index (χ0n) is 18.7. The molecule has 1 unspecified atom stereocenters. The average molecular weight is 457 g/mol. The number of imide groups is 1. The van der Waals surface area contributed by atoms with Gasteiger partial charge in [-0.1, -0.05) is 12.1 Å². The minimum atomic E-state index is -0.741. The highest BCUT2D eigenvalue weighted by molar-refractivity contribution is 6.22. The molecular formula is C23H27N3O7. The summed E-state index contributed by atoms with van der Waals surface area (Å²) in [5.74, 6) is -2.48. The van der Waals surface area contributed by atoms with Crippen LogP contribution in [-0.2, 0) is 23.9 Å². The second-order valence-electron chi connectivity index (χ2n) is 8.54. The Morgan fingerprint density at radius 3 is 2.18 bits per heavy atom. The van der Waals surface area contributed by atoms with Gasteiger partial charge in [0.1, 0.15) is 6.54 Å². The van der Waals surface area contributed by atoms with Crippen LogP contribution in [0.4, 0.5) is 0 Å². The molecule has 0 bridgehead atoms. The lowest BCUT2D eigenvalue weighted by Gasteiger charge is -2.47. The van der Waals surface area contributed by atoms with Crippen LogP contribution in [0.3, 0.4) is 0 Å². The number of piperidine rings is 1. The van der Waals surface area contributed by atoms with Gasteiger partial charge in [0, 0.05) is 33.2 Å². The molecule has 10 heteroatoms. The van der Waals surface area contributed by atoms with Crippen molar-refractivity contribution in [1.82, 2.24) is 14.7 Å². The van der Waals surface area contributed by atoms with Crippen molar-refractivity contribution in [2.24, 2.45) is 5.92 Å². The molecule has 3 heterocycles. The minimum absolute atomic E-state index is 0.0688. The van der Waals surface area contributed by atoms with Crippen molar-refractivity contribution in [2.45, 2.75) is 24.8 Å². The molecule has 1 spiro atoms. The molecule has 1 aromatic rings. The summed E-state index contributed by atoms with van der Waals surface area (Å²) in [4.78, 5) is 67.6. The molecule has 3 aliphatic rings. The van der Waals surface area contributed by atoms with Crippen LogP contribution < -0.4 is 0 Å². The SMILES string of the molecule is COCCN1C(=O)CC(C(=O)OC)C12CCN(C(=O)CN1C(=O)c3ccccc3C1=O)CC2. The highest BCUT2D eigenvalue weighted by Crippen LogP contribution is 2.44. The maximum Gasteiger partial charge on any atom is 0.311 e. The molecule has 0 radical (unpaired) electrons. The van der Waals surface area contributed by atoms with Gasteiger partial charge >= 0.3 is 5.97 Å². The summed E-state index contributed by atoms with van der Waals surface area (Å²) in [5, 5.41) is 0. The van der Waals surface area contributed by atoms with Crippen molar-refractivity contribution in [3.05, 3.63) is 35.4 Å². The van der Waals surface area contributed by atoms with E-state index < -0.39 is 29.2 Å². The molecule has 176 valence electrons. The Hall–Kier alpha value is -3.27. The number of fused-ring (bicyclic) bond motifs is 1. The summed E-state index contributed by atoms with van der Waals surface area (Å²) in [6.07, 6.45) is 0.867. The van der Waals surface area contributed by atoms with Crippen molar-refractivity contribution in [3.8, 4) is 0 Å². The number of carbonyl (C=O) groups excluding carboxylic acids is 5. The summed E-state index contributed by atoms with van der Waals surface area (Å²) in [7, 11) is 2.85. The van der Waals surface area contributed by atoms with Crippen molar-refractivity contribution < 1.29 is 33.4 Å². The summed E-state index contributed by atoms with van der Waals surface area (Å²) < 4.78 is 10.1. The fourth-order valence-electron chi connectivity index (χ4n) is 5.27. The molecule has 2 fully saturated rings. The van der Waals surface area contributed by atoms with Crippen LogP contribution in [0.2, 0.25) is 0 Å². The summed E-state index contributed by atoms with van der Waals surface area (Å²) in [6.45, 7) is 0.945. The summed E-state index contributed by atoms with van der Waals surface area (Å²) in [5.41, 5.74) is -0.145. The van der Waals surface area contributed by atoms with Crippen LogP contribution in [0.1, 0.15) is 40.0 Å². The number of nitrogens with zero attached hydrogens (tertiary/aromatic N) is 3. The maximum atomic E-state index is 13.0. The highest BCUT2D eigenvalue weighted by Gasteiger charge is 2.57. The number of likely N-dealkylation sites (tertiary alicyclic amines) is 2. The Balaban J connectivity index is 1.46. The van der Waals surface area contributed by atoms with E-state index in [4.69, 9.17) is 9.47 Å². The Kier molecular flexibility index (Phi) is 6.20. The molecule has 1 aromatic carbocycles. The number of rotatable bonds is 6. The van der Waals surface area contributed by atoms with E-state index in [2.05, 4.69) is 0 Å². The van der Waals surface area contributed by atoms with E-state index in [0.29, 0.717) is 50.2 Å². The van der Waals surface area contributed by atoms with E-state index in [1.54, 1.807) is 41.2 Å². The molecule has 10 nitrogen and oxygen atoms in total. The maximum absolute atomic E-state index is 13.0. The number of hydrogen-bond donors (Lipinski definition) is 0. The Morgan fingerprint density at radius 1 is 1.03 bits per heavy atom. The van der Waals surface area contributed by atoms with E-state index >= 15 is 0 Å². The molecule has 33 heavy (non-hydrogen) atoms. The number of methoxy groups -OCH3 is 2. The van der Waals surface area contributed by atoms with Gasteiger partial charge in [0.15, 0.2) is 0 Å². The van der Waals surface area contributed by atoms with Gasteiger partial charge in [-0.05, 0) is 25.0 Å². The van der Waals surface area contributed by atoms with E-state index in [1.165, 1.54) is 7.11 Å². The Morgan fingerprint density at radius 2 is 1.64 bits per heavy atom. The van der Waals surface area contributed by atoms with E-state index in [-0.39, 0.29) is 24.8 Å². The van der Waals surface area contributed by atoms with Crippen LogP contribution in [-0.4, -0.2) is 96.8 Å². The zero-order valence-corrected chi connectivity index (χ0v) is 18.7. The van der Waals surface area contributed by atoms with Gasteiger partial charge in [-0.3, -0.25) is 28.9 Å². The predicted octanol–water partition coefficient (Wildman–Crippen LogP) is 0.312. The molecule has 1 atom stereocenters. The first-order chi connectivity index (χ1) is 15.8. The number of esters is 1. The van der Waals surface area contributed by atoms with Crippen molar-refractivity contribution in [2.75, 3.05) is 47.0 Å². The molecule has 0 N–H and O–H groups in total. The monoisotopic (exact) mass is 457 g/mol. The standard InChI is InChI=1S/C23H27N3O7/c1-32-12-11-26-18(27)13-17(22(31)33-2)23(26)7-9-24(10-8-23)19(28)14-25-20(29)15-5-3-4-6-16(15)21(25)30/h3-6,17H,7-14H2,1-2H3. The third-order valence-corrected chi connectivity index (χ3v) is 7.02. The number of ether oxygens (including phenoxy) is 2. The molecule has 3 aliphatic heterocycles. The molecule has 2 saturated heterocycles. The van der Waals surface area contributed by atoms with Gasteiger partial charge in [-0.15, -0.1) is 0 Å². The largest absolute Gasteiger partial charge is 0.469 e. The summed E-state index contributed by atoms with van der Waals surface area (Å²) >= 11 is 0. The molecule has 0 aliphatic carbocycles. The van der Waals surface area contributed by atoms with Crippen molar-refractivity contribution in [1.29, 1.82) is 0 Å². The van der Waals surface area contributed by atoms with Crippen LogP contribution in [0.5, 0.6) is 0 Å². The van der Waals surface area contributed by atoms with Crippen molar-refractivity contribution >= 4 is 29.6 Å². The third-order valence-electron chi connectivity index (χ3n) is 7.02. The fraction of sp³-hybridized carbons (Fsp3) is 0.522. The first-order valence-electron chi connectivity index (χ1n) is 10.9. The first kappa shape index (κ1) is 22.9. The smallest absolute Gasteiger partial charge is 0.311 e. The second-order valence-corrected chi connectivity index (χ2v) is 8.54. The first-order valence-corrected chi connectivity index (χ1v) is 10.9. The van der Waals surface area contributed by atoms with E-state index in [0.717, 1.165) is 4.90 Å². The number of benzene rings is 1. The Labute approximate surface area is 191 Å². The third kappa shape index (κ3) is 3.78. The van der Waals surface area contributed by atoms with Gasteiger partial charge in [0.2, 0.25) is 11.8 Å². The van der Waals surface area contributed by atoms with Crippen LogP contribution in [0.25, 0.3) is 0 Å². The number of carbonyl (C=O) groups is 5. The normalized spacial score (nSPS) is 21.7. The molecule has 0 aromatic heterocycles. The van der Waals surface area contributed by atoms with Crippen LogP contribution in [0, 0.1) is 5.92 Å². The average Bonchev–Trinajstić information content (AvgIpc) is 3.23. The minimum Gasteiger partial charge on any atom is -0.469 e. The van der Waals surface area contributed by atoms with Gasteiger partial charge in [-0.25, -0.2) is 0 Å². The fourth-order valence-corrected chi connectivity index (χ4v) is 5.27.